The summed E-state index contributed by atoms with van der Waals surface area (Å²) in [7, 11) is 0. The van der Waals surface area contributed by atoms with Crippen molar-refractivity contribution in [2.45, 2.75) is 0 Å². The van der Waals surface area contributed by atoms with Gasteiger partial charge in [-0.3, -0.25) is 19.6 Å². The second-order valence-corrected chi connectivity index (χ2v) is 7.27. The van der Waals surface area contributed by atoms with Crippen LogP contribution < -0.4 is 5.32 Å². The molecule has 150 valence electrons. The van der Waals surface area contributed by atoms with E-state index in [4.69, 9.17) is 11.6 Å². The molecule has 1 saturated heterocycles. The quantitative estimate of drug-likeness (QED) is 0.686. The lowest BCUT2D eigenvalue weighted by atomic mass is 10.2. The maximum Gasteiger partial charge on any atom is 0.275 e. The first-order valence-electron chi connectivity index (χ1n) is 9.21. The summed E-state index contributed by atoms with van der Waals surface area (Å²) in [6.07, 6.45) is 0. The van der Waals surface area contributed by atoms with E-state index in [9.17, 15) is 14.0 Å². The molecule has 0 unspecified atom stereocenters. The van der Waals surface area contributed by atoms with E-state index in [1.807, 2.05) is 29.2 Å². The van der Waals surface area contributed by atoms with Crippen molar-refractivity contribution >= 4 is 40.0 Å². The number of benzene rings is 2. The molecule has 1 aliphatic rings. The number of hydrogen-bond donors (Lipinski definition) is 2. The number of anilines is 1. The van der Waals surface area contributed by atoms with Crippen molar-refractivity contribution in [1.29, 1.82) is 0 Å². The lowest BCUT2D eigenvalue weighted by Crippen LogP contribution is -2.50. The molecule has 0 saturated carbocycles. The molecule has 0 radical (unpaired) electrons. The molecule has 2 aromatic carbocycles. The first-order chi connectivity index (χ1) is 14.0. The standard InChI is InChI=1S/C20H19ClFN5O2/c21-15-11-13(5-6-16(15)22)23-18(28)12-26-7-9-27(10-8-26)20(29)19-14-3-1-2-4-17(14)24-25-19/h1-6,11H,7-10,12H2,(H,23,28)(H,24,25). The summed E-state index contributed by atoms with van der Waals surface area (Å²) in [6, 6.07) is 11.6. The largest absolute Gasteiger partial charge is 0.335 e. The number of carbonyl (C=O) groups excluding carboxylic acids is 2. The van der Waals surface area contributed by atoms with Crippen LogP contribution in [0, 0.1) is 5.82 Å². The molecular weight excluding hydrogens is 397 g/mol. The number of piperazine rings is 1. The Hall–Kier alpha value is -2.97. The predicted octanol–water partition coefficient (Wildman–Crippen LogP) is 2.75. The Kier molecular flexibility index (Phi) is 5.46. The van der Waals surface area contributed by atoms with Gasteiger partial charge in [0.1, 0.15) is 5.82 Å². The van der Waals surface area contributed by atoms with Crippen LogP contribution in [0.1, 0.15) is 10.5 Å². The van der Waals surface area contributed by atoms with Gasteiger partial charge >= 0.3 is 0 Å². The highest BCUT2D eigenvalue weighted by Gasteiger charge is 2.26. The number of fused-ring (bicyclic) bond motifs is 1. The molecule has 1 aromatic heterocycles. The SMILES string of the molecule is O=C(CN1CCN(C(=O)c2n[nH]c3ccccc23)CC1)Nc1ccc(F)c(Cl)c1. The summed E-state index contributed by atoms with van der Waals surface area (Å²) in [5.74, 6) is -0.867. The molecule has 1 aliphatic heterocycles. The molecule has 9 heteroatoms. The molecule has 3 aromatic rings. The third kappa shape index (κ3) is 4.23. The topological polar surface area (TPSA) is 81.3 Å². The lowest BCUT2D eigenvalue weighted by Gasteiger charge is -2.34. The van der Waals surface area contributed by atoms with Crippen molar-refractivity contribution in [3.63, 3.8) is 0 Å². The average molecular weight is 416 g/mol. The number of nitrogens with zero attached hydrogens (tertiary/aromatic N) is 3. The van der Waals surface area contributed by atoms with E-state index in [0.29, 0.717) is 37.6 Å². The summed E-state index contributed by atoms with van der Waals surface area (Å²) < 4.78 is 13.2. The van der Waals surface area contributed by atoms with Gasteiger partial charge in [0, 0.05) is 37.3 Å². The number of nitrogens with one attached hydrogen (secondary N) is 2. The van der Waals surface area contributed by atoms with Gasteiger partial charge in [0.25, 0.3) is 5.91 Å². The van der Waals surface area contributed by atoms with Crippen LogP contribution >= 0.6 is 11.6 Å². The number of H-pyrrole nitrogens is 1. The van der Waals surface area contributed by atoms with Crippen molar-refractivity contribution < 1.29 is 14.0 Å². The van der Waals surface area contributed by atoms with Gasteiger partial charge in [0.2, 0.25) is 5.91 Å². The van der Waals surface area contributed by atoms with E-state index in [2.05, 4.69) is 15.5 Å². The maximum atomic E-state index is 13.2. The summed E-state index contributed by atoms with van der Waals surface area (Å²) in [5.41, 5.74) is 1.69. The van der Waals surface area contributed by atoms with Gasteiger partial charge in [-0.15, -0.1) is 0 Å². The zero-order valence-corrected chi connectivity index (χ0v) is 16.2. The molecule has 0 atom stereocenters. The van der Waals surface area contributed by atoms with Crippen LogP contribution in [0.15, 0.2) is 42.5 Å². The first-order valence-corrected chi connectivity index (χ1v) is 9.59. The third-order valence-corrected chi connectivity index (χ3v) is 5.19. The smallest absolute Gasteiger partial charge is 0.275 e. The van der Waals surface area contributed by atoms with E-state index in [1.54, 1.807) is 4.90 Å². The van der Waals surface area contributed by atoms with Crippen molar-refractivity contribution in [3.05, 3.63) is 59.0 Å². The second-order valence-electron chi connectivity index (χ2n) is 6.86. The summed E-state index contributed by atoms with van der Waals surface area (Å²) in [5, 5.41) is 10.5. The minimum absolute atomic E-state index is 0.0409. The zero-order chi connectivity index (χ0) is 20.4. The Morgan fingerprint density at radius 2 is 1.90 bits per heavy atom. The van der Waals surface area contributed by atoms with Crippen LogP contribution in [0.2, 0.25) is 5.02 Å². The Bertz CT molecular complexity index is 1060. The van der Waals surface area contributed by atoms with Gasteiger partial charge in [0.15, 0.2) is 5.69 Å². The van der Waals surface area contributed by atoms with E-state index < -0.39 is 5.82 Å². The van der Waals surface area contributed by atoms with Gasteiger partial charge in [-0.2, -0.15) is 5.10 Å². The molecule has 1 fully saturated rings. The van der Waals surface area contributed by atoms with E-state index in [0.717, 1.165) is 10.9 Å². The normalized spacial score (nSPS) is 14.9. The fourth-order valence-electron chi connectivity index (χ4n) is 3.36. The first kappa shape index (κ1) is 19.4. The van der Waals surface area contributed by atoms with Crippen LogP contribution in [0.5, 0.6) is 0 Å². The summed E-state index contributed by atoms with van der Waals surface area (Å²) >= 11 is 5.73. The Labute approximate surface area is 171 Å². The maximum absolute atomic E-state index is 13.2. The van der Waals surface area contributed by atoms with Crippen molar-refractivity contribution in [1.82, 2.24) is 20.0 Å². The van der Waals surface area contributed by atoms with Crippen LogP contribution in [-0.2, 0) is 4.79 Å². The molecular formula is C20H19ClFN5O2. The van der Waals surface area contributed by atoms with Crippen LogP contribution in [0.4, 0.5) is 10.1 Å². The monoisotopic (exact) mass is 415 g/mol. The molecule has 0 aliphatic carbocycles. The van der Waals surface area contributed by atoms with Crippen molar-refractivity contribution in [2.75, 3.05) is 38.0 Å². The number of carbonyl (C=O) groups is 2. The molecule has 7 nitrogen and oxygen atoms in total. The molecule has 29 heavy (non-hydrogen) atoms. The van der Waals surface area contributed by atoms with Gasteiger partial charge in [-0.1, -0.05) is 29.8 Å². The molecule has 4 rings (SSSR count). The second kappa shape index (κ2) is 8.18. The van der Waals surface area contributed by atoms with E-state index >= 15 is 0 Å². The highest BCUT2D eigenvalue weighted by molar-refractivity contribution is 6.31. The predicted molar refractivity (Wildman–Crippen MR) is 108 cm³/mol. The summed E-state index contributed by atoms with van der Waals surface area (Å²) in [6.45, 7) is 2.35. The zero-order valence-electron chi connectivity index (χ0n) is 15.5. The number of rotatable bonds is 4. The fourth-order valence-corrected chi connectivity index (χ4v) is 3.54. The van der Waals surface area contributed by atoms with Crippen molar-refractivity contribution in [3.8, 4) is 0 Å². The Morgan fingerprint density at radius 3 is 2.66 bits per heavy atom. The van der Waals surface area contributed by atoms with Gasteiger partial charge in [0.05, 0.1) is 17.1 Å². The van der Waals surface area contributed by atoms with E-state index in [1.165, 1.54) is 18.2 Å². The molecule has 0 spiro atoms. The average Bonchev–Trinajstić information content (AvgIpc) is 3.15. The van der Waals surface area contributed by atoms with E-state index in [-0.39, 0.29) is 23.4 Å². The highest BCUT2D eigenvalue weighted by Crippen LogP contribution is 2.20. The molecule has 2 heterocycles. The number of halogens is 2. The number of aromatic nitrogens is 2. The Balaban J connectivity index is 1.31. The molecule has 2 N–H and O–H groups in total. The lowest BCUT2D eigenvalue weighted by molar-refractivity contribution is -0.117. The van der Waals surface area contributed by atoms with Gasteiger partial charge < -0.3 is 10.2 Å². The number of aromatic amines is 1. The molecule has 2 amide bonds. The van der Waals surface area contributed by atoms with Crippen LogP contribution in [0.25, 0.3) is 10.9 Å². The number of amides is 2. The van der Waals surface area contributed by atoms with Crippen LogP contribution in [0.3, 0.4) is 0 Å². The Morgan fingerprint density at radius 1 is 1.14 bits per heavy atom. The van der Waals surface area contributed by atoms with Crippen LogP contribution in [-0.4, -0.2) is 64.5 Å². The van der Waals surface area contributed by atoms with Crippen molar-refractivity contribution in [2.24, 2.45) is 0 Å². The minimum atomic E-state index is -0.532. The third-order valence-electron chi connectivity index (χ3n) is 4.90. The minimum Gasteiger partial charge on any atom is -0.335 e. The van der Waals surface area contributed by atoms with Gasteiger partial charge in [-0.25, -0.2) is 4.39 Å². The highest BCUT2D eigenvalue weighted by atomic mass is 35.5. The number of para-hydroxylation sites is 1. The molecule has 0 bridgehead atoms. The number of hydrogen-bond acceptors (Lipinski definition) is 4. The summed E-state index contributed by atoms with van der Waals surface area (Å²) in [4.78, 5) is 28.8. The van der Waals surface area contributed by atoms with Gasteiger partial charge in [-0.05, 0) is 24.3 Å². The fraction of sp³-hybridized carbons (Fsp3) is 0.250.